The van der Waals surface area contributed by atoms with E-state index in [0.29, 0.717) is 42.2 Å². The van der Waals surface area contributed by atoms with Crippen molar-refractivity contribution in [3.8, 4) is 11.5 Å². The Kier molecular flexibility index (Phi) is 5.30. The molecule has 0 spiro atoms. The average molecular weight is 429 g/mol. The van der Waals surface area contributed by atoms with Crippen molar-refractivity contribution >= 4 is 34.2 Å². The number of carbonyl (C=O) groups is 1. The van der Waals surface area contributed by atoms with E-state index in [4.69, 9.17) is 16.0 Å². The summed E-state index contributed by atoms with van der Waals surface area (Å²) in [7, 11) is 0. The van der Waals surface area contributed by atoms with Crippen molar-refractivity contribution in [1.29, 1.82) is 0 Å². The molecule has 1 saturated heterocycles. The number of aryl methyl sites for hydroxylation is 1. The van der Waals surface area contributed by atoms with Crippen LogP contribution in [0.4, 0.5) is 5.69 Å². The van der Waals surface area contributed by atoms with Gasteiger partial charge in [0.05, 0.1) is 17.4 Å². The lowest BCUT2D eigenvalue weighted by atomic mass is 10.0. The normalized spacial score (nSPS) is 14.3. The fourth-order valence-electron chi connectivity index (χ4n) is 3.86. The van der Waals surface area contributed by atoms with E-state index in [0.717, 1.165) is 5.69 Å². The summed E-state index contributed by atoms with van der Waals surface area (Å²) in [5.41, 5.74) is 1.15. The molecule has 1 aromatic heterocycles. The van der Waals surface area contributed by atoms with E-state index in [-0.39, 0.29) is 35.0 Å². The van der Waals surface area contributed by atoms with Gasteiger partial charge in [0.25, 0.3) is 0 Å². The van der Waals surface area contributed by atoms with Gasteiger partial charge < -0.3 is 24.4 Å². The molecule has 1 aliphatic heterocycles. The molecule has 2 heterocycles. The van der Waals surface area contributed by atoms with Crippen LogP contribution >= 0.6 is 11.6 Å². The molecule has 0 radical (unpaired) electrons. The number of carbonyl (C=O) groups excluding carboxylic acids is 1. The second kappa shape index (κ2) is 7.91. The van der Waals surface area contributed by atoms with Gasteiger partial charge in [-0.1, -0.05) is 17.7 Å². The number of hydrogen-bond donors (Lipinski definition) is 2. The number of hydrogen-bond acceptors (Lipinski definition) is 6. The molecule has 0 unspecified atom stereocenters. The standard InChI is InChI=1S/C22H21ClN2O5/c1-13-17(22(29)30-19-11-16(26)10-18(27)21(13)19)12-20(28)25-7-5-24(6-8-25)15-4-2-3-14(23)9-15/h2-4,9-11,26-27H,5-8,12H2,1H3. The van der Waals surface area contributed by atoms with Gasteiger partial charge in [-0.2, -0.15) is 0 Å². The lowest BCUT2D eigenvalue weighted by Crippen LogP contribution is -2.49. The third-order valence-corrected chi connectivity index (χ3v) is 5.71. The Morgan fingerprint density at radius 1 is 1.13 bits per heavy atom. The molecule has 8 heteroatoms. The highest BCUT2D eigenvalue weighted by Crippen LogP contribution is 2.32. The minimum Gasteiger partial charge on any atom is -0.508 e. The van der Waals surface area contributed by atoms with Crippen LogP contribution in [-0.4, -0.2) is 47.2 Å². The third kappa shape index (κ3) is 3.80. The van der Waals surface area contributed by atoms with Crippen LogP contribution < -0.4 is 10.5 Å². The van der Waals surface area contributed by atoms with Gasteiger partial charge in [0.1, 0.15) is 17.1 Å². The average Bonchev–Trinajstić information content (AvgIpc) is 2.70. The Morgan fingerprint density at radius 2 is 1.87 bits per heavy atom. The fourth-order valence-corrected chi connectivity index (χ4v) is 4.05. The number of piperazine rings is 1. The number of anilines is 1. The van der Waals surface area contributed by atoms with Crippen LogP contribution in [0.15, 0.2) is 45.6 Å². The summed E-state index contributed by atoms with van der Waals surface area (Å²) in [4.78, 5) is 29.2. The summed E-state index contributed by atoms with van der Waals surface area (Å²) >= 11 is 6.06. The van der Waals surface area contributed by atoms with Crippen LogP contribution in [0.2, 0.25) is 5.02 Å². The maximum Gasteiger partial charge on any atom is 0.340 e. The molecule has 0 atom stereocenters. The second-order valence-electron chi connectivity index (χ2n) is 7.36. The number of amides is 1. The minimum atomic E-state index is -0.643. The second-order valence-corrected chi connectivity index (χ2v) is 7.79. The predicted molar refractivity (Wildman–Crippen MR) is 114 cm³/mol. The van der Waals surface area contributed by atoms with E-state index in [9.17, 15) is 19.8 Å². The lowest BCUT2D eigenvalue weighted by molar-refractivity contribution is -0.130. The smallest absolute Gasteiger partial charge is 0.340 e. The Bertz CT molecular complexity index is 1180. The number of phenols is 2. The largest absolute Gasteiger partial charge is 0.508 e. The molecular weight excluding hydrogens is 408 g/mol. The van der Waals surface area contributed by atoms with E-state index in [1.807, 2.05) is 24.3 Å². The van der Waals surface area contributed by atoms with Gasteiger partial charge in [-0.3, -0.25) is 4.79 Å². The number of nitrogens with zero attached hydrogens (tertiary/aromatic N) is 2. The molecule has 7 nitrogen and oxygen atoms in total. The highest BCUT2D eigenvalue weighted by molar-refractivity contribution is 6.30. The number of fused-ring (bicyclic) bond motifs is 1. The first-order valence-electron chi connectivity index (χ1n) is 9.60. The van der Waals surface area contributed by atoms with Crippen LogP contribution in [0.25, 0.3) is 11.0 Å². The Morgan fingerprint density at radius 3 is 2.57 bits per heavy atom. The van der Waals surface area contributed by atoms with Crippen LogP contribution in [0, 0.1) is 6.92 Å². The molecule has 4 rings (SSSR count). The zero-order valence-electron chi connectivity index (χ0n) is 16.4. The Balaban J connectivity index is 1.51. The van der Waals surface area contributed by atoms with Gasteiger partial charge in [-0.25, -0.2) is 4.79 Å². The monoisotopic (exact) mass is 428 g/mol. The van der Waals surface area contributed by atoms with Crippen LogP contribution in [-0.2, 0) is 11.2 Å². The van der Waals surface area contributed by atoms with Crippen molar-refractivity contribution in [2.75, 3.05) is 31.1 Å². The maximum absolute atomic E-state index is 12.8. The van der Waals surface area contributed by atoms with Crippen LogP contribution in [0.5, 0.6) is 11.5 Å². The molecule has 1 aliphatic rings. The van der Waals surface area contributed by atoms with Crippen molar-refractivity contribution in [3.63, 3.8) is 0 Å². The van der Waals surface area contributed by atoms with Crippen molar-refractivity contribution in [1.82, 2.24) is 4.90 Å². The van der Waals surface area contributed by atoms with Gasteiger partial charge in [0.2, 0.25) is 5.91 Å². The van der Waals surface area contributed by atoms with Gasteiger partial charge in [-0.15, -0.1) is 0 Å². The first kappa shape index (κ1) is 20.1. The molecule has 156 valence electrons. The molecule has 1 amide bonds. The summed E-state index contributed by atoms with van der Waals surface area (Å²) in [6.45, 7) is 4.05. The van der Waals surface area contributed by atoms with Crippen molar-refractivity contribution in [3.05, 3.63) is 63.0 Å². The topological polar surface area (TPSA) is 94.2 Å². The molecule has 3 aromatic rings. The summed E-state index contributed by atoms with van der Waals surface area (Å²) in [6.07, 6.45) is -0.110. The van der Waals surface area contributed by atoms with Gasteiger partial charge in [0.15, 0.2) is 0 Å². The lowest BCUT2D eigenvalue weighted by Gasteiger charge is -2.36. The van der Waals surface area contributed by atoms with E-state index in [2.05, 4.69) is 4.90 Å². The molecule has 2 N–H and O–H groups in total. The summed E-state index contributed by atoms with van der Waals surface area (Å²) in [6, 6.07) is 10.0. The first-order chi connectivity index (χ1) is 14.3. The molecule has 0 aliphatic carbocycles. The maximum atomic E-state index is 12.8. The minimum absolute atomic E-state index is 0.0846. The predicted octanol–water partition coefficient (Wildman–Crippen LogP) is 3.06. The van der Waals surface area contributed by atoms with Gasteiger partial charge in [-0.05, 0) is 30.7 Å². The molecular formula is C22H21ClN2O5. The third-order valence-electron chi connectivity index (χ3n) is 5.48. The van der Waals surface area contributed by atoms with Gasteiger partial charge >= 0.3 is 5.63 Å². The molecule has 0 saturated carbocycles. The van der Waals surface area contributed by atoms with Crippen molar-refractivity contribution in [2.24, 2.45) is 0 Å². The zero-order chi connectivity index (χ0) is 21.4. The number of aromatic hydroxyl groups is 2. The van der Waals surface area contributed by atoms with E-state index in [1.165, 1.54) is 12.1 Å². The quantitative estimate of drug-likeness (QED) is 0.623. The Hall–Kier alpha value is -3.19. The fraction of sp³-hybridized carbons (Fsp3) is 0.273. The van der Waals surface area contributed by atoms with Crippen LogP contribution in [0.1, 0.15) is 11.1 Å². The number of rotatable bonds is 3. The SMILES string of the molecule is Cc1c(CC(=O)N2CCN(c3cccc(Cl)c3)CC2)c(=O)oc2cc(O)cc(O)c12. The van der Waals surface area contributed by atoms with Crippen LogP contribution in [0.3, 0.4) is 0 Å². The molecule has 0 bridgehead atoms. The number of phenolic OH excluding ortho intramolecular Hbond substituents is 2. The summed E-state index contributed by atoms with van der Waals surface area (Å²) in [5.74, 6) is -0.576. The molecule has 1 fully saturated rings. The number of benzene rings is 2. The first-order valence-corrected chi connectivity index (χ1v) is 9.98. The Labute approximate surface area is 177 Å². The highest BCUT2D eigenvalue weighted by Gasteiger charge is 2.24. The zero-order valence-corrected chi connectivity index (χ0v) is 17.1. The summed E-state index contributed by atoms with van der Waals surface area (Å²) < 4.78 is 5.24. The van der Waals surface area contributed by atoms with E-state index >= 15 is 0 Å². The van der Waals surface area contributed by atoms with Crippen molar-refractivity contribution < 1.29 is 19.4 Å². The van der Waals surface area contributed by atoms with Crippen molar-refractivity contribution in [2.45, 2.75) is 13.3 Å². The molecule has 30 heavy (non-hydrogen) atoms. The highest BCUT2D eigenvalue weighted by atomic mass is 35.5. The summed E-state index contributed by atoms with van der Waals surface area (Å²) in [5, 5.41) is 20.7. The molecule has 2 aromatic carbocycles. The van der Waals surface area contributed by atoms with Gasteiger partial charge in [0, 0.05) is 49.0 Å². The van der Waals surface area contributed by atoms with E-state index in [1.54, 1.807) is 11.8 Å². The van der Waals surface area contributed by atoms with E-state index < -0.39 is 5.63 Å². The number of halogens is 1.